The van der Waals surface area contributed by atoms with Crippen LogP contribution in [-0.2, 0) is 0 Å². The van der Waals surface area contributed by atoms with Crippen LogP contribution in [0.3, 0.4) is 0 Å². The van der Waals surface area contributed by atoms with E-state index in [0.29, 0.717) is 10.0 Å². The Bertz CT molecular complexity index is 551. The molecule has 116 valence electrons. The molecule has 1 saturated heterocycles. The Labute approximate surface area is 128 Å². The minimum Gasteiger partial charge on any atom is -0.338 e. The Morgan fingerprint density at radius 1 is 1.29 bits per heavy atom. The summed E-state index contributed by atoms with van der Waals surface area (Å²) in [6.07, 6.45) is -4.51. The third-order valence-corrected chi connectivity index (χ3v) is 4.77. The van der Waals surface area contributed by atoms with Crippen LogP contribution in [0.15, 0.2) is 16.6 Å². The molecule has 1 aliphatic heterocycles. The molecule has 1 heterocycles. The van der Waals surface area contributed by atoms with Gasteiger partial charge in [0.25, 0.3) is 5.91 Å². The highest BCUT2D eigenvalue weighted by Gasteiger charge is 2.42. The molecular formula is C14H14BrF4NO. The van der Waals surface area contributed by atoms with Gasteiger partial charge >= 0.3 is 6.18 Å². The normalized spacial score (nSPS) is 17.1. The molecule has 0 spiro atoms. The molecule has 1 aromatic rings. The van der Waals surface area contributed by atoms with Gasteiger partial charge < -0.3 is 4.90 Å². The summed E-state index contributed by atoms with van der Waals surface area (Å²) in [5.41, 5.74) is 0.588. The first-order valence-corrected chi connectivity index (χ1v) is 7.31. The van der Waals surface area contributed by atoms with Crippen LogP contribution in [0.2, 0.25) is 0 Å². The fraction of sp³-hybridized carbons (Fsp3) is 0.500. The number of rotatable bonds is 1. The molecule has 0 N–H and O–H groups in total. The summed E-state index contributed by atoms with van der Waals surface area (Å²) in [5.74, 6) is -2.62. The van der Waals surface area contributed by atoms with Gasteiger partial charge in [-0.25, -0.2) is 4.39 Å². The van der Waals surface area contributed by atoms with E-state index in [9.17, 15) is 22.4 Å². The highest BCUT2D eigenvalue weighted by molar-refractivity contribution is 9.10. The maximum Gasteiger partial charge on any atom is 0.391 e. The Morgan fingerprint density at radius 3 is 2.38 bits per heavy atom. The van der Waals surface area contributed by atoms with Crippen molar-refractivity contribution in [2.24, 2.45) is 5.92 Å². The summed E-state index contributed by atoms with van der Waals surface area (Å²) in [6.45, 7) is 1.70. The van der Waals surface area contributed by atoms with Gasteiger partial charge in [-0.3, -0.25) is 4.79 Å². The van der Waals surface area contributed by atoms with Crippen molar-refractivity contribution in [3.05, 3.63) is 33.5 Å². The van der Waals surface area contributed by atoms with E-state index in [1.807, 2.05) is 0 Å². The zero-order chi connectivity index (χ0) is 15.8. The molecule has 0 aliphatic carbocycles. The number of nitrogens with zero attached hydrogens (tertiary/aromatic N) is 1. The minimum atomic E-state index is -4.23. The van der Waals surface area contributed by atoms with Crippen molar-refractivity contribution in [1.29, 1.82) is 0 Å². The van der Waals surface area contributed by atoms with Gasteiger partial charge in [0.2, 0.25) is 0 Å². The van der Waals surface area contributed by atoms with Gasteiger partial charge in [-0.05, 0) is 47.3 Å². The van der Waals surface area contributed by atoms with Crippen molar-refractivity contribution in [2.45, 2.75) is 25.9 Å². The number of hydrogen-bond donors (Lipinski definition) is 0. The van der Waals surface area contributed by atoms with Crippen molar-refractivity contribution in [2.75, 3.05) is 13.1 Å². The first-order valence-electron chi connectivity index (χ1n) is 6.52. The average molecular weight is 368 g/mol. The van der Waals surface area contributed by atoms with Crippen LogP contribution >= 0.6 is 15.9 Å². The van der Waals surface area contributed by atoms with E-state index in [1.165, 1.54) is 17.0 Å². The number of alkyl halides is 3. The lowest BCUT2D eigenvalue weighted by molar-refractivity contribution is -0.183. The van der Waals surface area contributed by atoms with Crippen molar-refractivity contribution in [3.8, 4) is 0 Å². The summed E-state index contributed by atoms with van der Waals surface area (Å²) in [5, 5.41) is 0. The largest absolute Gasteiger partial charge is 0.391 e. The summed E-state index contributed by atoms with van der Waals surface area (Å²) in [4.78, 5) is 13.6. The van der Waals surface area contributed by atoms with Crippen LogP contribution in [-0.4, -0.2) is 30.1 Å². The lowest BCUT2D eigenvalue weighted by atomic mass is 9.95. The number of carbonyl (C=O) groups excluding carboxylic acids is 1. The molecule has 7 heteroatoms. The van der Waals surface area contributed by atoms with Crippen LogP contribution in [0, 0.1) is 18.7 Å². The van der Waals surface area contributed by atoms with Gasteiger partial charge in [0.1, 0.15) is 5.82 Å². The molecule has 0 aromatic heterocycles. The van der Waals surface area contributed by atoms with Crippen molar-refractivity contribution >= 4 is 21.8 Å². The molecular weight excluding hydrogens is 354 g/mol. The van der Waals surface area contributed by atoms with E-state index >= 15 is 0 Å². The van der Waals surface area contributed by atoms with E-state index < -0.39 is 23.8 Å². The highest BCUT2D eigenvalue weighted by atomic mass is 79.9. The second kappa shape index (κ2) is 5.94. The maximum atomic E-state index is 13.8. The molecule has 1 aromatic carbocycles. The third kappa shape index (κ3) is 3.39. The second-order valence-electron chi connectivity index (χ2n) is 5.16. The highest BCUT2D eigenvalue weighted by Crippen LogP contribution is 2.35. The first-order chi connectivity index (χ1) is 9.71. The molecule has 0 unspecified atom stereocenters. The molecule has 0 atom stereocenters. The molecule has 0 radical (unpaired) electrons. The van der Waals surface area contributed by atoms with E-state index in [4.69, 9.17) is 0 Å². The van der Waals surface area contributed by atoms with E-state index in [2.05, 4.69) is 15.9 Å². The van der Waals surface area contributed by atoms with Gasteiger partial charge in [-0.1, -0.05) is 6.07 Å². The average Bonchev–Trinajstić information content (AvgIpc) is 2.42. The predicted octanol–water partition coefficient (Wildman–Crippen LogP) is 4.31. The molecule has 2 nitrogen and oxygen atoms in total. The molecule has 1 fully saturated rings. The van der Waals surface area contributed by atoms with Crippen LogP contribution in [0.5, 0.6) is 0 Å². The van der Waals surface area contributed by atoms with Gasteiger partial charge in [-0.15, -0.1) is 0 Å². The molecule has 0 bridgehead atoms. The zero-order valence-electron chi connectivity index (χ0n) is 11.3. The topological polar surface area (TPSA) is 20.3 Å². The minimum absolute atomic E-state index is 0.0111. The van der Waals surface area contributed by atoms with E-state index in [0.717, 1.165) is 0 Å². The number of amides is 1. The van der Waals surface area contributed by atoms with Crippen LogP contribution in [0.1, 0.15) is 28.8 Å². The molecule has 1 aliphatic rings. The fourth-order valence-electron chi connectivity index (χ4n) is 2.42. The Balaban J connectivity index is 2.15. The second-order valence-corrected chi connectivity index (χ2v) is 5.95. The van der Waals surface area contributed by atoms with Crippen LogP contribution in [0.4, 0.5) is 17.6 Å². The predicted molar refractivity (Wildman–Crippen MR) is 73.5 cm³/mol. The number of carbonyl (C=O) groups is 1. The third-order valence-electron chi connectivity index (χ3n) is 3.74. The van der Waals surface area contributed by atoms with Gasteiger partial charge in [0.05, 0.1) is 11.5 Å². The number of hydrogen-bond acceptors (Lipinski definition) is 1. The zero-order valence-corrected chi connectivity index (χ0v) is 12.9. The summed E-state index contributed by atoms with van der Waals surface area (Å²) in [6, 6.07) is 2.72. The summed E-state index contributed by atoms with van der Waals surface area (Å²) in [7, 11) is 0. The lowest BCUT2D eigenvalue weighted by Gasteiger charge is -2.33. The SMILES string of the molecule is Cc1ccc(F)c(C(=O)N2CCC(C(F)(F)F)CC2)c1Br. The van der Waals surface area contributed by atoms with Crippen molar-refractivity contribution in [1.82, 2.24) is 4.90 Å². The summed E-state index contributed by atoms with van der Waals surface area (Å²) >= 11 is 3.17. The van der Waals surface area contributed by atoms with Crippen molar-refractivity contribution in [3.63, 3.8) is 0 Å². The maximum absolute atomic E-state index is 13.8. The van der Waals surface area contributed by atoms with Gasteiger partial charge in [0, 0.05) is 17.6 Å². The van der Waals surface area contributed by atoms with Crippen LogP contribution in [0.25, 0.3) is 0 Å². The molecule has 1 amide bonds. The standard InChI is InChI=1S/C14H14BrF4NO/c1-8-2-3-10(16)11(12(8)15)13(21)20-6-4-9(5-7-20)14(17,18)19/h2-3,9H,4-7H2,1H3. The van der Waals surface area contributed by atoms with E-state index in [-0.39, 0.29) is 31.5 Å². The number of aryl methyl sites for hydroxylation is 1. The number of halogens is 5. The summed E-state index contributed by atoms with van der Waals surface area (Å²) < 4.78 is 52.0. The molecule has 0 saturated carbocycles. The monoisotopic (exact) mass is 367 g/mol. The first kappa shape index (κ1) is 16.3. The Kier molecular flexibility index (Phi) is 4.60. The number of piperidine rings is 1. The van der Waals surface area contributed by atoms with Gasteiger partial charge in [-0.2, -0.15) is 13.2 Å². The Hall–Kier alpha value is -1.11. The smallest absolute Gasteiger partial charge is 0.338 e. The number of benzene rings is 1. The fourth-order valence-corrected chi connectivity index (χ4v) is 2.91. The van der Waals surface area contributed by atoms with Gasteiger partial charge in [0.15, 0.2) is 0 Å². The molecule has 2 rings (SSSR count). The quantitative estimate of drug-likeness (QED) is 0.677. The number of likely N-dealkylation sites (tertiary alicyclic amines) is 1. The molecule has 21 heavy (non-hydrogen) atoms. The van der Waals surface area contributed by atoms with Crippen LogP contribution < -0.4 is 0 Å². The van der Waals surface area contributed by atoms with Crippen molar-refractivity contribution < 1.29 is 22.4 Å². The lowest BCUT2D eigenvalue weighted by Crippen LogP contribution is -2.42. The van der Waals surface area contributed by atoms with E-state index in [1.54, 1.807) is 6.92 Å². The Morgan fingerprint density at radius 2 is 1.86 bits per heavy atom.